The van der Waals surface area contributed by atoms with Crippen molar-refractivity contribution in [2.45, 2.75) is 19.3 Å². The number of carbonyl (C=O) groups excluding carboxylic acids is 1. The Kier molecular flexibility index (Phi) is 6.09. The molecule has 0 spiro atoms. The van der Waals surface area contributed by atoms with Crippen LogP contribution in [0.4, 0.5) is 11.5 Å². The zero-order valence-corrected chi connectivity index (χ0v) is 17.0. The van der Waals surface area contributed by atoms with Gasteiger partial charge in [-0.1, -0.05) is 6.07 Å². The van der Waals surface area contributed by atoms with E-state index in [9.17, 15) is 4.79 Å². The van der Waals surface area contributed by atoms with Gasteiger partial charge in [0.15, 0.2) is 0 Å². The number of piperidine rings is 1. The van der Waals surface area contributed by atoms with Crippen molar-refractivity contribution in [1.29, 1.82) is 0 Å². The van der Waals surface area contributed by atoms with Crippen LogP contribution in [0.2, 0.25) is 0 Å². The van der Waals surface area contributed by atoms with Crippen LogP contribution in [0.5, 0.6) is 5.75 Å². The first kappa shape index (κ1) is 20.0. The second kappa shape index (κ2) is 8.52. The molecular weight excluding hydrogens is 376 g/mol. The van der Waals surface area contributed by atoms with Crippen LogP contribution < -0.4 is 10.1 Å². The Balaban J connectivity index is 0.00000225. The van der Waals surface area contributed by atoms with Gasteiger partial charge in [-0.3, -0.25) is 4.79 Å². The van der Waals surface area contributed by atoms with E-state index >= 15 is 0 Å². The molecule has 1 fully saturated rings. The number of nitrogens with one attached hydrogen (secondary N) is 1. The quantitative estimate of drug-likeness (QED) is 0.706. The second-order valence-electron chi connectivity index (χ2n) is 6.92. The van der Waals surface area contributed by atoms with Gasteiger partial charge in [-0.25, -0.2) is 4.98 Å². The van der Waals surface area contributed by atoms with E-state index in [0.717, 1.165) is 54.1 Å². The summed E-state index contributed by atoms with van der Waals surface area (Å²) < 4.78 is 7.28. The number of rotatable bonds is 4. The fourth-order valence-corrected chi connectivity index (χ4v) is 3.68. The summed E-state index contributed by atoms with van der Waals surface area (Å²) in [5.74, 6) is 1.58. The molecule has 1 aliphatic rings. The molecule has 0 saturated carbocycles. The number of fused-ring (bicyclic) bond motifs is 1. The van der Waals surface area contributed by atoms with Crippen molar-refractivity contribution in [2.75, 3.05) is 25.5 Å². The molecule has 6 nitrogen and oxygen atoms in total. The number of aromatic nitrogens is 2. The second-order valence-corrected chi connectivity index (χ2v) is 6.92. The van der Waals surface area contributed by atoms with Gasteiger partial charge in [0.2, 0.25) is 0 Å². The smallest absolute Gasteiger partial charge is 0.257 e. The molecular formula is C21H25ClN4O2. The molecule has 1 N–H and O–H groups in total. The molecule has 148 valence electrons. The molecule has 28 heavy (non-hydrogen) atoms. The van der Waals surface area contributed by atoms with Crippen LogP contribution in [-0.2, 0) is 7.05 Å². The first-order valence-corrected chi connectivity index (χ1v) is 9.32. The summed E-state index contributed by atoms with van der Waals surface area (Å²) in [6, 6.07) is 9.71. The Morgan fingerprint density at radius 1 is 1.18 bits per heavy atom. The van der Waals surface area contributed by atoms with E-state index in [1.165, 1.54) is 6.42 Å². The van der Waals surface area contributed by atoms with Gasteiger partial charge in [0, 0.05) is 49.7 Å². The molecule has 0 radical (unpaired) electrons. The summed E-state index contributed by atoms with van der Waals surface area (Å²) >= 11 is 0. The SMILES string of the molecule is COc1cccc(Nc2ncc(C(=O)N3CCCCC3)c3c2ccn3C)c1.Cl. The van der Waals surface area contributed by atoms with Crippen molar-refractivity contribution in [2.24, 2.45) is 7.05 Å². The van der Waals surface area contributed by atoms with E-state index < -0.39 is 0 Å². The number of anilines is 2. The van der Waals surface area contributed by atoms with Gasteiger partial charge in [0.1, 0.15) is 11.6 Å². The molecule has 0 bridgehead atoms. The van der Waals surface area contributed by atoms with Gasteiger partial charge in [0.25, 0.3) is 5.91 Å². The van der Waals surface area contributed by atoms with E-state index in [1.54, 1.807) is 13.3 Å². The van der Waals surface area contributed by atoms with Crippen molar-refractivity contribution < 1.29 is 9.53 Å². The number of halogens is 1. The zero-order chi connectivity index (χ0) is 18.8. The minimum absolute atomic E-state index is 0. The average Bonchev–Trinajstić information content (AvgIpc) is 3.11. The Morgan fingerprint density at radius 2 is 1.96 bits per heavy atom. The summed E-state index contributed by atoms with van der Waals surface area (Å²) in [5.41, 5.74) is 2.46. The van der Waals surface area contributed by atoms with Crippen molar-refractivity contribution in [3.05, 3.63) is 48.3 Å². The van der Waals surface area contributed by atoms with Crippen LogP contribution >= 0.6 is 12.4 Å². The Labute approximate surface area is 170 Å². The van der Waals surface area contributed by atoms with E-state index in [0.29, 0.717) is 5.56 Å². The number of hydrogen-bond acceptors (Lipinski definition) is 4. The fourth-order valence-electron chi connectivity index (χ4n) is 3.68. The third-order valence-corrected chi connectivity index (χ3v) is 5.11. The van der Waals surface area contributed by atoms with Crippen molar-refractivity contribution in [3.8, 4) is 5.75 Å². The molecule has 3 aromatic rings. The average molecular weight is 401 g/mol. The summed E-state index contributed by atoms with van der Waals surface area (Å²) in [4.78, 5) is 19.6. The lowest BCUT2D eigenvalue weighted by Crippen LogP contribution is -2.35. The molecule has 1 saturated heterocycles. The van der Waals surface area contributed by atoms with Gasteiger partial charge in [-0.05, 0) is 37.5 Å². The van der Waals surface area contributed by atoms with Gasteiger partial charge < -0.3 is 19.5 Å². The molecule has 3 heterocycles. The number of likely N-dealkylation sites (tertiary alicyclic amines) is 1. The van der Waals surface area contributed by atoms with E-state index in [-0.39, 0.29) is 18.3 Å². The highest BCUT2D eigenvalue weighted by Crippen LogP contribution is 2.29. The van der Waals surface area contributed by atoms with Gasteiger partial charge in [-0.2, -0.15) is 0 Å². The number of benzene rings is 1. The van der Waals surface area contributed by atoms with E-state index in [2.05, 4.69) is 10.3 Å². The number of amides is 1. The maximum atomic E-state index is 13.1. The maximum absolute atomic E-state index is 13.1. The van der Waals surface area contributed by atoms with Gasteiger partial charge in [0.05, 0.1) is 18.2 Å². The maximum Gasteiger partial charge on any atom is 0.257 e. The number of nitrogens with zero attached hydrogens (tertiary/aromatic N) is 3. The normalized spacial score (nSPS) is 13.9. The zero-order valence-electron chi connectivity index (χ0n) is 16.1. The number of ether oxygens (including phenoxy) is 1. The minimum atomic E-state index is 0. The standard InChI is InChI=1S/C21H24N4O2.ClH/c1-24-12-9-17-19(24)18(21(26)25-10-4-3-5-11-25)14-22-20(17)23-15-7-6-8-16(13-15)27-2;/h6-9,12-14H,3-5,10-11H2,1-2H3,(H,22,23);1H. The van der Waals surface area contributed by atoms with Crippen LogP contribution in [0.3, 0.4) is 0 Å². The Morgan fingerprint density at radius 3 is 2.71 bits per heavy atom. The highest BCUT2D eigenvalue weighted by molar-refractivity contribution is 6.08. The van der Waals surface area contributed by atoms with Gasteiger partial charge >= 0.3 is 0 Å². The number of carbonyl (C=O) groups is 1. The highest BCUT2D eigenvalue weighted by atomic mass is 35.5. The Bertz CT molecular complexity index is 980. The highest BCUT2D eigenvalue weighted by Gasteiger charge is 2.23. The van der Waals surface area contributed by atoms with E-state index in [1.807, 2.05) is 53.0 Å². The molecule has 4 rings (SSSR count). The molecule has 0 atom stereocenters. The third kappa shape index (κ3) is 3.78. The Hall–Kier alpha value is -2.73. The third-order valence-electron chi connectivity index (χ3n) is 5.11. The topological polar surface area (TPSA) is 59.4 Å². The van der Waals surface area contributed by atoms with Crippen LogP contribution in [0.25, 0.3) is 10.9 Å². The lowest BCUT2D eigenvalue weighted by Gasteiger charge is -2.27. The van der Waals surface area contributed by atoms with Crippen molar-refractivity contribution in [1.82, 2.24) is 14.5 Å². The first-order chi connectivity index (χ1) is 13.2. The van der Waals surface area contributed by atoms with E-state index in [4.69, 9.17) is 4.74 Å². The number of pyridine rings is 1. The van der Waals surface area contributed by atoms with Crippen molar-refractivity contribution in [3.63, 3.8) is 0 Å². The van der Waals surface area contributed by atoms with Crippen LogP contribution in [0.15, 0.2) is 42.7 Å². The predicted octanol–water partition coefficient (Wildman–Crippen LogP) is 4.37. The molecule has 7 heteroatoms. The summed E-state index contributed by atoms with van der Waals surface area (Å²) in [5, 5.41) is 4.28. The number of aryl methyl sites for hydroxylation is 1. The molecule has 1 aliphatic heterocycles. The molecule has 1 aromatic carbocycles. The summed E-state index contributed by atoms with van der Waals surface area (Å²) in [6.45, 7) is 1.66. The van der Waals surface area contributed by atoms with Crippen LogP contribution in [0, 0.1) is 0 Å². The van der Waals surface area contributed by atoms with Crippen molar-refractivity contribution >= 4 is 40.7 Å². The number of hydrogen-bond donors (Lipinski definition) is 1. The fraction of sp³-hybridized carbons (Fsp3) is 0.333. The molecule has 0 unspecified atom stereocenters. The minimum Gasteiger partial charge on any atom is -0.497 e. The summed E-state index contributed by atoms with van der Waals surface area (Å²) in [6.07, 6.45) is 7.01. The molecule has 0 aliphatic carbocycles. The lowest BCUT2D eigenvalue weighted by molar-refractivity contribution is 0.0725. The van der Waals surface area contributed by atoms with Crippen LogP contribution in [-0.4, -0.2) is 40.6 Å². The van der Waals surface area contributed by atoms with Gasteiger partial charge in [-0.15, -0.1) is 12.4 Å². The largest absolute Gasteiger partial charge is 0.497 e. The lowest BCUT2D eigenvalue weighted by atomic mass is 10.1. The number of methoxy groups -OCH3 is 1. The predicted molar refractivity (Wildman–Crippen MR) is 114 cm³/mol. The monoisotopic (exact) mass is 400 g/mol. The molecule has 2 aromatic heterocycles. The molecule has 1 amide bonds. The summed E-state index contributed by atoms with van der Waals surface area (Å²) in [7, 11) is 3.61. The first-order valence-electron chi connectivity index (χ1n) is 9.32. The van der Waals surface area contributed by atoms with Crippen LogP contribution in [0.1, 0.15) is 29.6 Å².